The normalized spacial score (nSPS) is 14.3. The molecule has 0 aliphatic carbocycles. The number of ether oxygens (including phenoxy) is 4. The van der Waals surface area contributed by atoms with Gasteiger partial charge in [-0.05, 0) is 5.56 Å². The number of methoxy groups -OCH3 is 3. The van der Waals surface area contributed by atoms with Crippen molar-refractivity contribution in [3.05, 3.63) is 48.0 Å². The molecule has 1 N–H and O–H groups in total. The van der Waals surface area contributed by atoms with E-state index in [2.05, 4.69) is 24.3 Å². The van der Waals surface area contributed by atoms with Crippen LogP contribution >= 0.6 is 0 Å². The number of piperazine rings is 1. The smallest absolute Gasteiger partial charge is 0.260 e. The van der Waals surface area contributed by atoms with Crippen molar-refractivity contribution in [3.8, 4) is 23.0 Å². The lowest BCUT2D eigenvalue weighted by Crippen LogP contribution is -3.15. The fourth-order valence-corrected chi connectivity index (χ4v) is 3.66. The Morgan fingerprint density at radius 2 is 1.60 bits per heavy atom. The monoisotopic (exact) mass is 415 g/mol. The first-order valence-electron chi connectivity index (χ1n) is 10.2. The second-order valence-electron chi connectivity index (χ2n) is 7.27. The average molecular weight is 416 g/mol. The predicted molar refractivity (Wildman–Crippen MR) is 114 cm³/mol. The van der Waals surface area contributed by atoms with Crippen molar-refractivity contribution in [1.29, 1.82) is 0 Å². The van der Waals surface area contributed by atoms with Gasteiger partial charge >= 0.3 is 0 Å². The number of benzene rings is 2. The lowest BCUT2D eigenvalue weighted by atomic mass is 10.1. The molecule has 1 saturated heterocycles. The second-order valence-corrected chi connectivity index (χ2v) is 7.27. The molecule has 0 bridgehead atoms. The second kappa shape index (κ2) is 10.7. The molecule has 0 saturated carbocycles. The molecule has 1 amide bonds. The van der Waals surface area contributed by atoms with E-state index in [1.54, 1.807) is 33.5 Å². The van der Waals surface area contributed by atoms with Crippen LogP contribution in [0.5, 0.6) is 23.0 Å². The van der Waals surface area contributed by atoms with E-state index in [0.29, 0.717) is 23.0 Å². The van der Waals surface area contributed by atoms with Crippen molar-refractivity contribution in [2.45, 2.75) is 6.42 Å². The van der Waals surface area contributed by atoms with Crippen LogP contribution in [0.1, 0.15) is 5.56 Å². The average Bonchev–Trinajstić information content (AvgIpc) is 2.81. The minimum absolute atomic E-state index is 0.00846. The van der Waals surface area contributed by atoms with Gasteiger partial charge in [0.15, 0.2) is 18.1 Å². The van der Waals surface area contributed by atoms with Gasteiger partial charge in [-0.25, -0.2) is 0 Å². The van der Waals surface area contributed by atoms with Crippen LogP contribution in [0.25, 0.3) is 0 Å². The van der Waals surface area contributed by atoms with Crippen LogP contribution in [0, 0.1) is 0 Å². The molecule has 162 valence electrons. The molecule has 2 aromatic rings. The number of amides is 1. The molecule has 0 unspecified atom stereocenters. The third kappa shape index (κ3) is 5.57. The third-order valence-electron chi connectivity index (χ3n) is 5.43. The van der Waals surface area contributed by atoms with Gasteiger partial charge in [0.25, 0.3) is 5.91 Å². The molecule has 2 aromatic carbocycles. The zero-order valence-electron chi connectivity index (χ0n) is 18.0. The number of nitrogens with one attached hydrogen (secondary N) is 1. The van der Waals surface area contributed by atoms with E-state index < -0.39 is 0 Å². The highest BCUT2D eigenvalue weighted by Gasteiger charge is 2.24. The fraction of sp³-hybridized carbons (Fsp3) is 0.435. The van der Waals surface area contributed by atoms with E-state index in [4.69, 9.17) is 18.9 Å². The third-order valence-corrected chi connectivity index (χ3v) is 5.43. The number of rotatable bonds is 9. The van der Waals surface area contributed by atoms with Crippen LogP contribution in [0.15, 0.2) is 42.5 Å². The summed E-state index contributed by atoms with van der Waals surface area (Å²) in [7, 11) is 4.64. The number of hydrogen-bond acceptors (Lipinski definition) is 5. The Bertz CT molecular complexity index is 795. The van der Waals surface area contributed by atoms with Crippen molar-refractivity contribution < 1.29 is 28.6 Å². The van der Waals surface area contributed by atoms with Crippen LogP contribution in [-0.2, 0) is 11.2 Å². The summed E-state index contributed by atoms with van der Waals surface area (Å²) in [5, 5.41) is 0. The first-order chi connectivity index (χ1) is 14.6. The van der Waals surface area contributed by atoms with Gasteiger partial charge in [0, 0.05) is 18.6 Å². The number of quaternary nitrogens is 1. The standard InChI is InChI=1S/C23H30N2O5/c1-27-20-15-19(16-21(28-2)23(20)29-3)30-17-22(26)25-13-11-24(12-14-25)10-9-18-7-5-4-6-8-18/h4-8,15-16H,9-14,17H2,1-3H3/p+1. The van der Waals surface area contributed by atoms with Crippen LogP contribution in [0.4, 0.5) is 0 Å². The van der Waals surface area contributed by atoms with Gasteiger partial charge in [0.2, 0.25) is 5.75 Å². The first-order valence-corrected chi connectivity index (χ1v) is 10.2. The highest BCUT2D eigenvalue weighted by molar-refractivity contribution is 5.78. The van der Waals surface area contributed by atoms with Crippen molar-refractivity contribution >= 4 is 5.91 Å². The van der Waals surface area contributed by atoms with E-state index in [1.165, 1.54) is 10.5 Å². The predicted octanol–water partition coefficient (Wildman–Crippen LogP) is 1.06. The van der Waals surface area contributed by atoms with Crippen molar-refractivity contribution in [2.24, 2.45) is 0 Å². The lowest BCUT2D eigenvalue weighted by molar-refractivity contribution is -0.903. The van der Waals surface area contributed by atoms with Gasteiger partial charge in [-0.15, -0.1) is 0 Å². The van der Waals surface area contributed by atoms with Gasteiger partial charge in [-0.2, -0.15) is 0 Å². The lowest BCUT2D eigenvalue weighted by Gasteiger charge is -2.32. The minimum Gasteiger partial charge on any atom is -0.493 e. The summed E-state index contributed by atoms with van der Waals surface area (Å²) >= 11 is 0. The van der Waals surface area contributed by atoms with Crippen LogP contribution in [0.3, 0.4) is 0 Å². The summed E-state index contributed by atoms with van der Waals surface area (Å²) in [6.45, 7) is 4.50. The molecular weight excluding hydrogens is 384 g/mol. The van der Waals surface area contributed by atoms with Gasteiger partial charge in [-0.1, -0.05) is 30.3 Å². The van der Waals surface area contributed by atoms with Crippen molar-refractivity contribution in [2.75, 3.05) is 60.7 Å². The van der Waals surface area contributed by atoms with Crippen LogP contribution in [0.2, 0.25) is 0 Å². The summed E-state index contributed by atoms with van der Waals surface area (Å²) in [4.78, 5) is 16.0. The Morgan fingerprint density at radius 1 is 0.967 bits per heavy atom. The largest absolute Gasteiger partial charge is 0.493 e. The Balaban J connectivity index is 1.47. The molecule has 1 heterocycles. The zero-order chi connectivity index (χ0) is 21.3. The molecule has 0 spiro atoms. The molecule has 1 aliphatic heterocycles. The van der Waals surface area contributed by atoms with Gasteiger partial charge in [0.1, 0.15) is 5.75 Å². The minimum atomic E-state index is -0.0159. The summed E-state index contributed by atoms with van der Waals surface area (Å²) < 4.78 is 21.7. The molecule has 7 nitrogen and oxygen atoms in total. The topological polar surface area (TPSA) is 61.7 Å². The van der Waals surface area contributed by atoms with Gasteiger partial charge in [-0.3, -0.25) is 4.79 Å². The maximum absolute atomic E-state index is 12.6. The van der Waals surface area contributed by atoms with E-state index >= 15 is 0 Å². The van der Waals surface area contributed by atoms with Crippen LogP contribution in [-0.4, -0.2) is 71.5 Å². The molecule has 3 rings (SSSR count). The molecule has 1 fully saturated rings. The molecule has 0 atom stereocenters. The van der Waals surface area contributed by atoms with E-state index in [-0.39, 0.29) is 12.5 Å². The number of hydrogen-bond donors (Lipinski definition) is 1. The summed E-state index contributed by atoms with van der Waals surface area (Å²) in [5.74, 6) is 1.98. The molecular formula is C23H31N2O5+. The fourth-order valence-electron chi connectivity index (χ4n) is 3.66. The highest BCUT2D eigenvalue weighted by atomic mass is 16.5. The SMILES string of the molecule is COc1cc(OCC(=O)N2CC[NH+](CCc3ccccc3)CC2)cc(OC)c1OC. The Labute approximate surface area is 178 Å². The number of carbonyl (C=O) groups is 1. The maximum Gasteiger partial charge on any atom is 0.260 e. The van der Waals surface area contributed by atoms with Crippen LogP contribution < -0.4 is 23.8 Å². The van der Waals surface area contributed by atoms with Crippen molar-refractivity contribution in [1.82, 2.24) is 4.90 Å². The number of carbonyl (C=O) groups excluding carboxylic acids is 1. The summed E-state index contributed by atoms with van der Waals surface area (Å²) in [5.41, 5.74) is 1.36. The van der Waals surface area contributed by atoms with E-state index in [0.717, 1.165) is 39.1 Å². The van der Waals surface area contributed by atoms with E-state index in [1.807, 2.05) is 11.0 Å². The van der Waals surface area contributed by atoms with Crippen molar-refractivity contribution in [3.63, 3.8) is 0 Å². The van der Waals surface area contributed by atoms with E-state index in [9.17, 15) is 4.79 Å². The van der Waals surface area contributed by atoms with Gasteiger partial charge < -0.3 is 28.7 Å². The summed E-state index contributed by atoms with van der Waals surface area (Å²) in [6, 6.07) is 13.9. The maximum atomic E-state index is 12.6. The Kier molecular flexibility index (Phi) is 7.79. The Morgan fingerprint density at radius 3 is 2.17 bits per heavy atom. The molecule has 30 heavy (non-hydrogen) atoms. The van der Waals surface area contributed by atoms with Gasteiger partial charge in [0.05, 0.1) is 54.1 Å². The molecule has 0 radical (unpaired) electrons. The zero-order valence-corrected chi connectivity index (χ0v) is 18.0. The quantitative estimate of drug-likeness (QED) is 0.664. The summed E-state index contributed by atoms with van der Waals surface area (Å²) in [6.07, 6.45) is 1.06. The first kappa shape index (κ1) is 21.8. The highest BCUT2D eigenvalue weighted by Crippen LogP contribution is 2.40. The molecule has 7 heteroatoms. The molecule has 1 aliphatic rings. The number of nitrogens with zero attached hydrogens (tertiary/aromatic N) is 1. The molecule has 0 aromatic heterocycles. The Hall–Kier alpha value is -2.93.